The second kappa shape index (κ2) is 9.29. The van der Waals surface area contributed by atoms with Crippen LogP contribution >= 0.6 is 31.9 Å². The van der Waals surface area contributed by atoms with Crippen LogP contribution in [0.3, 0.4) is 0 Å². The Bertz CT molecular complexity index is 788. The van der Waals surface area contributed by atoms with E-state index in [4.69, 9.17) is 4.74 Å². The maximum atomic E-state index is 6.11. The first kappa shape index (κ1) is 20.4. The van der Waals surface area contributed by atoms with Gasteiger partial charge in [0.1, 0.15) is 0 Å². The van der Waals surface area contributed by atoms with Gasteiger partial charge in [-0.3, -0.25) is 0 Å². The minimum atomic E-state index is 0.238. The van der Waals surface area contributed by atoms with Crippen LogP contribution in [0.5, 0.6) is 0 Å². The number of rotatable bonds is 5. The molecule has 0 amide bonds. The lowest BCUT2D eigenvalue weighted by atomic mass is 9.95. The summed E-state index contributed by atoms with van der Waals surface area (Å²) < 4.78 is 8.42. The number of piperidine rings is 1. The molecule has 0 saturated carbocycles. The molecule has 1 fully saturated rings. The highest BCUT2D eigenvalue weighted by molar-refractivity contribution is 9.10. The van der Waals surface area contributed by atoms with E-state index in [0.29, 0.717) is 6.04 Å². The van der Waals surface area contributed by atoms with Crippen LogP contribution in [0.25, 0.3) is 0 Å². The molecule has 2 aliphatic heterocycles. The minimum absolute atomic E-state index is 0.238. The number of nitrogens with zero attached hydrogens (tertiary/aromatic N) is 2. The molecule has 3 nitrogen and oxygen atoms in total. The van der Waals surface area contributed by atoms with Crippen molar-refractivity contribution in [2.24, 2.45) is 0 Å². The minimum Gasteiger partial charge on any atom is -0.373 e. The molecule has 28 heavy (non-hydrogen) atoms. The zero-order valence-electron chi connectivity index (χ0n) is 16.4. The lowest BCUT2D eigenvalue weighted by Gasteiger charge is -2.38. The molecule has 2 aromatic rings. The molecule has 1 saturated heterocycles. The summed E-state index contributed by atoms with van der Waals surface area (Å²) in [4.78, 5) is 5.06. The molecule has 0 spiro atoms. The van der Waals surface area contributed by atoms with E-state index in [-0.39, 0.29) is 6.10 Å². The molecule has 2 aromatic carbocycles. The van der Waals surface area contributed by atoms with Gasteiger partial charge in [-0.15, -0.1) is 0 Å². The first-order valence-electron chi connectivity index (χ1n) is 10.2. The molecule has 2 heterocycles. The van der Waals surface area contributed by atoms with Crippen LogP contribution in [-0.4, -0.2) is 44.2 Å². The number of hydrogen-bond acceptors (Lipinski definition) is 3. The number of ether oxygens (including phenoxy) is 1. The van der Waals surface area contributed by atoms with Crippen molar-refractivity contribution in [3.8, 4) is 0 Å². The van der Waals surface area contributed by atoms with E-state index in [1.54, 1.807) is 0 Å². The van der Waals surface area contributed by atoms with Crippen molar-refractivity contribution in [2.45, 2.75) is 37.8 Å². The van der Waals surface area contributed by atoms with Gasteiger partial charge in [-0.2, -0.15) is 0 Å². The number of anilines is 1. The van der Waals surface area contributed by atoms with E-state index in [1.165, 1.54) is 34.1 Å². The third-order valence-corrected chi connectivity index (χ3v) is 7.19. The van der Waals surface area contributed by atoms with Crippen LogP contribution in [0.2, 0.25) is 0 Å². The SMILES string of the molecule is CN(CC[C@@H]1OCCc2cc(Br)ccc21)C1CCN(c2ccc(Br)cc2)CC1. The van der Waals surface area contributed by atoms with Crippen molar-refractivity contribution in [2.75, 3.05) is 38.2 Å². The Morgan fingerprint density at radius 3 is 2.50 bits per heavy atom. The summed E-state index contributed by atoms with van der Waals surface area (Å²) in [5.41, 5.74) is 4.16. The highest BCUT2D eigenvalue weighted by Gasteiger charge is 2.25. The summed E-state index contributed by atoms with van der Waals surface area (Å²) in [6.45, 7) is 4.19. The highest BCUT2D eigenvalue weighted by Crippen LogP contribution is 2.32. The standard InChI is InChI=1S/C23H28Br2N2O/c1-26(12-10-23-22-7-4-19(25)16-17(22)11-15-28-23)20-8-13-27(14-9-20)21-5-2-18(24)3-6-21/h2-7,16,20,23H,8-15H2,1H3/t23-/m0/s1. The third kappa shape index (κ3) is 4.81. The van der Waals surface area contributed by atoms with Crippen molar-refractivity contribution in [1.82, 2.24) is 4.90 Å². The number of fused-ring (bicyclic) bond motifs is 1. The van der Waals surface area contributed by atoms with E-state index < -0.39 is 0 Å². The van der Waals surface area contributed by atoms with Crippen molar-refractivity contribution in [1.29, 1.82) is 0 Å². The van der Waals surface area contributed by atoms with Crippen molar-refractivity contribution >= 4 is 37.5 Å². The van der Waals surface area contributed by atoms with Crippen molar-refractivity contribution in [3.05, 3.63) is 62.5 Å². The van der Waals surface area contributed by atoms with Gasteiger partial charge >= 0.3 is 0 Å². The van der Waals surface area contributed by atoms with E-state index in [0.717, 1.165) is 43.6 Å². The second-order valence-corrected chi connectivity index (χ2v) is 9.75. The molecule has 0 unspecified atom stereocenters. The van der Waals surface area contributed by atoms with Crippen LogP contribution in [0.15, 0.2) is 51.4 Å². The summed E-state index contributed by atoms with van der Waals surface area (Å²) in [7, 11) is 2.28. The summed E-state index contributed by atoms with van der Waals surface area (Å²) >= 11 is 7.12. The molecule has 4 rings (SSSR count). The molecule has 2 aliphatic rings. The molecule has 0 aromatic heterocycles. The second-order valence-electron chi connectivity index (χ2n) is 7.92. The first-order chi connectivity index (χ1) is 13.6. The largest absolute Gasteiger partial charge is 0.373 e. The Hall–Kier alpha value is -0.880. The van der Waals surface area contributed by atoms with Gasteiger partial charge in [0.15, 0.2) is 0 Å². The summed E-state index contributed by atoms with van der Waals surface area (Å²) in [5.74, 6) is 0. The molecule has 0 N–H and O–H groups in total. The first-order valence-corrected chi connectivity index (χ1v) is 11.8. The topological polar surface area (TPSA) is 15.7 Å². The smallest absolute Gasteiger partial charge is 0.0839 e. The lowest BCUT2D eigenvalue weighted by Crippen LogP contribution is -2.44. The molecular weight excluding hydrogens is 480 g/mol. The Labute approximate surface area is 185 Å². The van der Waals surface area contributed by atoms with Gasteiger partial charge in [-0.05, 0) is 80.3 Å². The number of halogens is 2. The lowest BCUT2D eigenvalue weighted by molar-refractivity contribution is 0.0273. The maximum Gasteiger partial charge on any atom is 0.0839 e. The molecule has 0 radical (unpaired) electrons. The van der Waals surface area contributed by atoms with E-state index >= 15 is 0 Å². The Morgan fingerprint density at radius 2 is 1.75 bits per heavy atom. The average Bonchev–Trinajstić information content (AvgIpc) is 2.72. The fourth-order valence-corrected chi connectivity index (χ4v) is 5.14. The fourth-order valence-electron chi connectivity index (χ4n) is 4.46. The van der Waals surface area contributed by atoms with Crippen molar-refractivity contribution in [3.63, 3.8) is 0 Å². The van der Waals surface area contributed by atoms with Crippen LogP contribution in [0.4, 0.5) is 5.69 Å². The predicted molar refractivity (Wildman–Crippen MR) is 123 cm³/mol. The Kier molecular flexibility index (Phi) is 6.77. The summed E-state index contributed by atoms with van der Waals surface area (Å²) in [6, 6.07) is 16.0. The normalized spacial score (nSPS) is 20.4. The van der Waals surface area contributed by atoms with Crippen molar-refractivity contribution < 1.29 is 4.74 Å². The monoisotopic (exact) mass is 506 g/mol. The number of hydrogen-bond donors (Lipinski definition) is 0. The molecule has 0 bridgehead atoms. The molecule has 5 heteroatoms. The van der Waals surface area contributed by atoms with Crippen LogP contribution in [0, 0.1) is 0 Å². The fraction of sp³-hybridized carbons (Fsp3) is 0.478. The Morgan fingerprint density at radius 1 is 1.04 bits per heavy atom. The number of benzene rings is 2. The van der Waals surface area contributed by atoms with Crippen LogP contribution in [0.1, 0.15) is 36.5 Å². The summed E-state index contributed by atoms with van der Waals surface area (Å²) in [5, 5.41) is 0. The molecule has 0 aliphatic carbocycles. The van der Waals surface area contributed by atoms with Gasteiger partial charge < -0.3 is 14.5 Å². The molecular formula is C23H28Br2N2O. The quantitative estimate of drug-likeness (QED) is 0.507. The van der Waals surface area contributed by atoms with E-state index in [2.05, 4.69) is 91.2 Å². The predicted octanol–water partition coefficient (Wildman–Crippen LogP) is 5.82. The van der Waals surface area contributed by atoms with E-state index in [9.17, 15) is 0 Å². The zero-order valence-corrected chi connectivity index (χ0v) is 19.6. The van der Waals surface area contributed by atoms with Gasteiger partial charge in [0.2, 0.25) is 0 Å². The molecule has 150 valence electrons. The highest BCUT2D eigenvalue weighted by atomic mass is 79.9. The van der Waals surface area contributed by atoms with Crippen LogP contribution < -0.4 is 4.90 Å². The van der Waals surface area contributed by atoms with Gasteiger partial charge in [0, 0.05) is 40.3 Å². The molecule has 1 atom stereocenters. The zero-order chi connectivity index (χ0) is 19.5. The van der Waals surface area contributed by atoms with Gasteiger partial charge in [-0.1, -0.05) is 37.9 Å². The van der Waals surface area contributed by atoms with Gasteiger partial charge in [0.25, 0.3) is 0 Å². The Balaban J connectivity index is 1.29. The van der Waals surface area contributed by atoms with E-state index in [1.807, 2.05) is 0 Å². The maximum absolute atomic E-state index is 6.11. The van der Waals surface area contributed by atoms with Gasteiger partial charge in [0.05, 0.1) is 12.7 Å². The average molecular weight is 508 g/mol. The third-order valence-electron chi connectivity index (χ3n) is 6.17. The summed E-state index contributed by atoms with van der Waals surface area (Å²) in [6.07, 6.45) is 4.78. The van der Waals surface area contributed by atoms with Gasteiger partial charge in [-0.25, -0.2) is 0 Å². The van der Waals surface area contributed by atoms with Crippen LogP contribution in [-0.2, 0) is 11.2 Å².